The van der Waals surface area contributed by atoms with Crippen molar-refractivity contribution in [3.63, 3.8) is 0 Å². The monoisotopic (exact) mass is 455 g/mol. The number of amides is 2. The minimum Gasteiger partial charge on any atom is -0.391 e. The van der Waals surface area contributed by atoms with Gasteiger partial charge in [-0.1, -0.05) is 50.5 Å². The van der Waals surface area contributed by atoms with E-state index in [-0.39, 0.29) is 24.3 Å². The Labute approximate surface area is 194 Å². The highest BCUT2D eigenvalue weighted by atomic mass is 32.1. The van der Waals surface area contributed by atoms with Crippen molar-refractivity contribution in [2.45, 2.75) is 71.1 Å². The SMILES string of the molecule is Cc1ncsc1-c1ccc(CNC(=O)[C@@H]2C[C@@H](O)CN2C(=O)C(C)C2CCCCC2)cc1. The second-order valence-electron chi connectivity index (χ2n) is 9.26. The average molecular weight is 456 g/mol. The van der Waals surface area contributed by atoms with Crippen LogP contribution >= 0.6 is 11.3 Å². The van der Waals surface area contributed by atoms with Crippen molar-refractivity contribution in [1.29, 1.82) is 0 Å². The summed E-state index contributed by atoms with van der Waals surface area (Å²) in [7, 11) is 0. The van der Waals surface area contributed by atoms with E-state index in [1.165, 1.54) is 19.3 Å². The van der Waals surface area contributed by atoms with Crippen LogP contribution in [0.2, 0.25) is 0 Å². The molecule has 1 saturated carbocycles. The molecule has 7 heteroatoms. The summed E-state index contributed by atoms with van der Waals surface area (Å²) >= 11 is 1.62. The lowest BCUT2D eigenvalue weighted by Crippen LogP contribution is -2.48. The van der Waals surface area contributed by atoms with Gasteiger partial charge in [-0.2, -0.15) is 0 Å². The molecule has 2 heterocycles. The highest BCUT2D eigenvalue weighted by molar-refractivity contribution is 7.13. The van der Waals surface area contributed by atoms with Gasteiger partial charge in [0, 0.05) is 25.4 Å². The number of aliphatic hydroxyl groups is 1. The number of aliphatic hydroxyl groups excluding tert-OH is 1. The lowest BCUT2D eigenvalue weighted by molar-refractivity contribution is -0.143. The fourth-order valence-corrected chi connectivity index (χ4v) is 5.87. The lowest BCUT2D eigenvalue weighted by Gasteiger charge is -2.32. The first-order valence-corrected chi connectivity index (χ1v) is 12.6. The van der Waals surface area contributed by atoms with E-state index in [0.29, 0.717) is 18.9 Å². The van der Waals surface area contributed by atoms with E-state index in [1.54, 1.807) is 16.2 Å². The summed E-state index contributed by atoms with van der Waals surface area (Å²) in [5.41, 5.74) is 4.98. The van der Waals surface area contributed by atoms with Gasteiger partial charge < -0.3 is 15.3 Å². The summed E-state index contributed by atoms with van der Waals surface area (Å²) in [6.07, 6.45) is 5.42. The molecule has 1 aliphatic carbocycles. The van der Waals surface area contributed by atoms with E-state index in [1.807, 2.05) is 43.6 Å². The quantitative estimate of drug-likeness (QED) is 0.692. The number of carbonyl (C=O) groups is 2. The van der Waals surface area contributed by atoms with Crippen molar-refractivity contribution in [3.8, 4) is 10.4 Å². The maximum atomic E-state index is 13.2. The van der Waals surface area contributed by atoms with Crippen LogP contribution in [0.4, 0.5) is 0 Å². The number of benzene rings is 1. The third-order valence-corrected chi connectivity index (χ3v) is 8.02. The molecular weight excluding hydrogens is 422 g/mol. The Morgan fingerprint density at radius 1 is 1.22 bits per heavy atom. The van der Waals surface area contributed by atoms with E-state index in [4.69, 9.17) is 0 Å². The molecule has 1 aliphatic heterocycles. The maximum absolute atomic E-state index is 13.2. The van der Waals surface area contributed by atoms with Crippen molar-refractivity contribution in [3.05, 3.63) is 41.0 Å². The Morgan fingerprint density at radius 3 is 2.59 bits per heavy atom. The highest BCUT2D eigenvalue weighted by Gasteiger charge is 2.41. The van der Waals surface area contributed by atoms with Gasteiger partial charge in [0.1, 0.15) is 6.04 Å². The lowest BCUT2D eigenvalue weighted by atomic mass is 9.80. The number of β-amino-alcohol motifs (C(OH)–C–C–N with tert-alkyl or cyclic N) is 1. The van der Waals surface area contributed by atoms with Gasteiger partial charge in [-0.15, -0.1) is 11.3 Å². The Kier molecular flexibility index (Phi) is 7.26. The first-order valence-electron chi connectivity index (χ1n) is 11.7. The van der Waals surface area contributed by atoms with Crippen molar-refractivity contribution in [2.24, 2.45) is 11.8 Å². The maximum Gasteiger partial charge on any atom is 0.243 e. The topological polar surface area (TPSA) is 82.5 Å². The molecule has 6 nitrogen and oxygen atoms in total. The zero-order valence-corrected chi connectivity index (χ0v) is 19.7. The number of nitrogens with zero attached hydrogens (tertiary/aromatic N) is 2. The zero-order chi connectivity index (χ0) is 22.7. The third kappa shape index (κ3) is 5.04. The number of nitrogens with one attached hydrogen (secondary N) is 1. The normalized spacial score (nSPS) is 22.7. The van der Waals surface area contributed by atoms with Crippen LogP contribution in [-0.4, -0.2) is 45.5 Å². The van der Waals surface area contributed by atoms with Crippen LogP contribution < -0.4 is 5.32 Å². The molecule has 3 atom stereocenters. The first kappa shape index (κ1) is 22.9. The summed E-state index contributed by atoms with van der Waals surface area (Å²) < 4.78 is 0. The number of hydrogen-bond donors (Lipinski definition) is 2. The Balaban J connectivity index is 1.36. The predicted octanol–water partition coefficient (Wildman–Crippen LogP) is 3.91. The number of carbonyl (C=O) groups excluding carboxylic acids is 2. The molecule has 2 amide bonds. The summed E-state index contributed by atoms with van der Waals surface area (Å²) in [5.74, 6) is 0.114. The Bertz CT molecular complexity index is 936. The molecule has 172 valence electrons. The van der Waals surface area contributed by atoms with Crippen molar-refractivity contribution in [2.75, 3.05) is 6.54 Å². The predicted molar refractivity (Wildman–Crippen MR) is 126 cm³/mol. The van der Waals surface area contributed by atoms with Gasteiger partial charge in [-0.05, 0) is 36.8 Å². The van der Waals surface area contributed by atoms with Gasteiger partial charge >= 0.3 is 0 Å². The third-order valence-electron chi connectivity index (χ3n) is 7.04. The van der Waals surface area contributed by atoms with Crippen LogP contribution in [0.1, 0.15) is 56.7 Å². The molecule has 4 rings (SSSR count). The average Bonchev–Trinajstić information content (AvgIpc) is 3.43. The van der Waals surface area contributed by atoms with Crippen molar-refractivity contribution >= 4 is 23.2 Å². The Morgan fingerprint density at radius 2 is 1.94 bits per heavy atom. The summed E-state index contributed by atoms with van der Waals surface area (Å²) in [6, 6.07) is 7.51. The molecular formula is C25H33N3O3S. The molecule has 1 aromatic heterocycles. The second-order valence-corrected chi connectivity index (χ2v) is 10.1. The van der Waals surface area contributed by atoms with Crippen LogP contribution in [0, 0.1) is 18.8 Å². The zero-order valence-electron chi connectivity index (χ0n) is 18.9. The van der Waals surface area contributed by atoms with Gasteiger partial charge in [0.15, 0.2) is 0 Å². The van der Waals surface area contributed by atoms with Crippen LogP contribution in [0.3, 0.4) is 0 Å². The molecule has 1 aromatic carbocycles. The fraction of sp³-hybridized carbons (Fsp3) is 0.560. The summed E-state index contributed by atoms with van der Waals surface area (Å²) in [6.45, 7) is 4.63. The molecule has 0 radical (unpaired) electrons. The van der Waals surface area contributed by atoms with Crippen LogP contribution in [0.15, 0.2) is 29.8 Å². The molecule has 2 fully saturated rings. The Hall–Kier alpha value is -2.25. The molecule has 2 N–H and O–H groups in total. The minimum atomic E-state index is -0.643. The molecule has 2 aliphatic rings. The largest absolute Gasteiger partial charge is 0.391 e. The molecule has 32 heavy (non-hydrogen) atoms. The van der Waals surface area contributed by atoms with Gasteiger partial charge in [0.25, 0.3) is 0 Å². The number of hydrogen-bond acceptors (Lipinski definition) is 5. The standard InChI is InChI=1S/C25H33N3O3S/c1-16(19-6-4-3-5-7-19)25(31)28-14-21(29)12-22(28)24(30)26-13-18-8-10-20(11-9-18)23-17(2)27-15-32-23/h8-11,15-16,19,21-22,29H,3-7,12-14H2,1-2H3,(H,26,30)/t16?,21-,22+/m1/s1. The number of rotatable bonds is 6. The number of thiazole rings is 1. The number of aromatic nitrogens is 1. The van der Waals surface area contributed by atoms with E-state index in [0.717, 1.165) is 34.5 Å². The fourth-order valence-electron chi connectivity index (χ4n) is 5.06. The number of aryl methyl sites for hydroxylation is 1. The van der Waals surface area contributed by atoms with Gasteiger partial charge in [-0.3, -0.25) is 9.59 Å². The van der Waals surface area contributed by atoms with Crippen molar-refractivity contribution < 1.29 is 14.7 Å². The highest BCUT2D eigenvalue weighted by Crippen LogP contribution is 2.32. The van der Waals surface area contributed by atoms with Gasteiger partial charge in [0.05, 0.1) is 22.2 Å². The molecule has 1 saturated heterocycles. The van der Waals surface area contributed by atoms with Gasteiger partial charge in [-0.25, -0.2) is 4.98 Å². The van der Waals surface area contributed by atoms with Crippen LogP contribution in [0.5, 0.6) is 0 Å². The minimum absolute atomic E-state index is 0.0119. The van der Waals surface area contributed by atoms with E-state index < -0.39 is 12.1 Å². The van der Waals surface area contributed by atoms with Crippen molar-refractivity contribution in [1.82, 2.24) is 15.2 Å². The molecule has 0 spiro atoms. The molecule has 2 aromatic rings. The van der Waals surface area contributed by atoms with E-state index >= 15 is 0 Å². The molecule has 1 unspecified atom stereocenters. The number of likely N-dealkylation sites (tertiary alicyclic amines) is 1. The van der Waals surface area contributed by atoms with E-state index in [9.17, 15) is 14.7 Å². The smallest absolute Gasteiger partial charge is 0.243 e. The summed E-state index contributed by atoms with van der Waals surface area (Å²) in [4.78, 5) is 33.2. The summed E-state index contributed by atoms with van der Waals surface area (Å²) in [5, 5.41) is 13.2. The van der Waals surface area contributed by atoms with Gasteiger partial charge in [0.2, 0.25) is 11.8 Å². The van der Waals surface area contributed by atoms with Crippen LogP contribution in [0.25, 0.3) is 10.4 Å². The van der Waals surface area contributed by atoms with Crippen LogP contribution in [-0.2, 0) is 16.1 Å². The van der Waals surface area contributed by atoms with E-state index in [2.05, 4.69) is 10.3 Å². The first-order chi connectivity index (χ1) is 15.4. The second kappa shape index (κ2) is 10.1. The molecule has 0 bridgehead atoms.